The highest BCUT2D eigenvalue weighted by molar-refractivity contribution is 5.42. The van der Waals surface area contributed by atoms with Crippen LogP contribution in [0.3, 0.4) is 0 Å². The van der Waals surface area contributed by atoms with E-state index in [1.54, 1.807) is 0 Å². The van der Waals surface area contributed by atoms with Crippen LogP contribution in [0.4, 0.5) is 5.69 Å². The molecule has 2 nitrogen and oxygen atoms in total. The zero-order valence-electron chi connectivity index (χ0n) is 11.7. The van der Waals surface area contributed by atoms with E-state index in [0.29, 0.717) is 0 Å². The first kappa shape index (κ1) is 13.4. The first-order valence-electron chi connectivity index (χ1n) is 7.27. The van der Waals surface area contributed by atoms with Crippen molar-refractivity contribution in [2.24, 2.45) is 11.8 Å². The van der Waals surface area contributed by atoms with Crippen LogP contribution in [0.25, 0.3) is 0 Å². The fraction of sp³-hybridized carbons (Fsp3) is 0.625. The summed E-state index contributed by atoms with van der Waals surface area (Å²) in [6, 6.07) is 10.5. The van der Waals surface area contributed by atoms with E-state index in [0.717, 1.165) is 18.4 Å². The molecule has 1 fully saturated rings. The van der Waals surface area contributed by atoms with Crippen LogP contribution in [-0.4, -0.2) is 31.1 Å². The van der Waals surface area contributed by atoms with Crippen molar-refractivity contribution in [2.45, 2.75) is 26.7 Å². The lowest BCUT2D eigenvalue weighted by molar-refractivity contribution is 0.162. The summed E-state index contributed by atoms with van der Waals surface area (Å²) in [6.45, 7) is 9.49. The fourth-order valence-electron chi connectivity index (χ4n) is 2.76. The molecule has 1 heterocycles. The van der Waals surface area contributed by atoms with E-state index in [2.05, 4.69) is 54.4 Å². The van der Waals surface area contributed by atoms with Gasteiger partial charge in [0.25, 0.3) is 0 Å². The third kappa shape index (κ3) is 4.02. The maximum Gasteiger partial charge on any atom is 0.0340 e. The van der Waals surface area contributed by atoms with Gasteiger partial charge >= 0.3 is 0 Å². The molecule has 1 aliphatic rings. The van der Waals surface area contributed by atoms with Crippen LogP contribution in [0, 0.1) is 11.8 Å². The molecule has 1 N–H and O–H groups in total. The van der Waals surface area contributed by atoms with Crippen LogP contribution < -0.4 is 5.32 Å². The normalized spacial score (nSPS) is 18.2. The van der Waals surface area contributed by atoms with Crippen molar-refractivity contribution in [1.82, 2.24) is 4.90 Å². The zero-order valence-corrected chi connectivity index (χ0v) is 11.7. The van der Waals surface area contributed by atoms with Gasteiger partial charge in [0.2, 0.25) is 0 Å². The van der Waals surface area contributed by atoms with Crippen molar-refractivity contribution >= 4 is 5.69 Å². The predicted molar refractivity (Wildman–Crippen MR) is 78.9 cm³/mol. The fourth-order valence-corrected chi connectivity index (χ4v) is 2.76. The highest BCUT2D eigenvalue weighted by atomic mass is 15.1. The van der Waals surface area contributed by atoms with Crippen LogP contribution in [0.1, 0.15) is 26.7 Å². The van der Waals surface area contributed by atoms with Crippen molar-refractivity contribution in [3.8, 4) is 0 Å². The van der Waals surface area contributed by atoms with E-state index in [-0.39, 0.29) is 0 Å². The molecule has 2 heteroatoms. The van der Waals surface area contributed by atoms with Gasteiger partial charge in [0.15, 0.2) is 0 Å². The Kier molecular flexibility index (Phi) is 5.06. The lowest BCUT2D eigenvalue weighted by atomic mass is 9.87. The molecule has 1 aliphatic heterocycles. The summed E-state index contributed by atoms with van der Waals surface area (Å²) in [4.78, 5) is 2.59. The predicted octanol–water partition coefficient (Wildman–Crippen LogP) is 3.47. The second-order valence-corrected chi connectivity index (χ2v) is 5.72. The molecule has 0 amide bonds. The SMILES string of the molecule is CC(C)C1CCN(CCNc2ccccc2)CC1. The molecule has 0 bridgehead atoms. The van der Waals surface area contributed by atoms with Gasteiger partial charge in [0.1, 0.15) is 0 Å². The molecule has 1 aromatic carbocycles. The Hall–Kier alpha value is -1.02. The average molecular weight is 246 g/mol. The van der Waals surface area contributed by atoms with Crippen LogP contribution in [0.5, 0.6) is 0 Å². The largest absolute Gasteiger partial charge is 0.384 e. The summed E-state index contributed by atoms with van der Waals surface area (Å²) in [6.07, 6.45) is 2.76. The number of piperidine rings is 1. The summed E-state index contributed by atoms with van der Waals surface area (Å²) in [7, 11) is 0. The molecule has 100 valence electrons. The molecular formula is C16H26N2. The Morgan fingerprint density at radius 1 is 1.17 bits per heavy atom. The van der Waals surface area contributed by atoms with Crippen molar-refractivity contribution in [2.75, 3.05) is 31.5 Å². The number of likely N-dealkylation sites (tertiary alicyclic amines) is 1. The Balaban J connectivity index is 1.64. The van der Waals surface area contributed by atoms with Gasteiger partial charge < -0.3 is 10.2 Å². The molecule has 0 aromatic heterocycles. The maximum atomic E-state index is 3.48. The smallest absolute Gasteiger partial charge is 0.0340 e. The Labute approximate surface area is 111 Å². The van der Waals surface area contributed by atoms with Crippen LogP contribution >= 0.6 is 0 Å². The number of nitrogens with zero attached hydrogens (tertiary/aromatic N) is 1. The van der Waals surface area contributed by atoms with Gasteiger partial charge in [-0.1, -0.05) is 32.0 Å². The van der Waals surface area contributed by atoms with Crippen molar-refractivity contribution in [3.05, 3.63) is 30.3 Å². The molecule has 1 aromatic rings. The van der Waals surface area contributed by atoms with Gasteiger partial charge in [0.05, 0.1) is 0 Å². The van der Waals surface area contributed by atoms with Crippen molar-refractivity contribution in [1.29, 1.82) is 0 Å². The lowest BCUT2D eigenvalue weighted by Gasteiger charge is -2.33. The van der Waals surface area contributed by atoms with Gasteiger partial charge in [-0.15, -0.1) is 0 Å². The molecule has 0 saturated carbocycles. The number of para-hydroxylation sites is 1. The highest BCUT2D eigenvalue weighted by Gasteiger charge is 2.20. The van der Waals surface area contributed by atoms with Crippen LogP contribution in [0.15, 0.2) is 30.3 Å². The lowest BCUT2D eigenvalue weighted by Crippen LogP contribution is -2.37. The minimum Gasteiger partial charge on any atom is -0.384 e. The number of benzene rings is 1. The average Bonchev–Trinajstić information content (AvgIpc) is 2.40. The third-order valence-electron chi connectivity index (χ3n) is 4.11. The highest BCUT2D eigenvalue weighted by Crippen LogP contribution is 2.24. The first-order chi connectivity index (χ1) is 8.75. The number of anilines is 1. The van der Waals surface area contributed by atoms with Crippen LogP contribution in [0.2, 0.25) is 0 Å². The molecule has 1 saturated heterocycles. The van der Waals surface area contributed by atoms with Crippen molar-refractivity contribution < 1.29 is 0 Å². The van der Waals surface area contributed by atoms with E-state index < -0.39 is 0 Å². The second kappa shape index (κ2) is 6.79. The number of hydrogen-bond donors (Lipinski definition) is 1. The van der Waals surface area contributed by atoms with Crippen molar-refractivity contribution in [3.63, 3.8) is 0 Å². The van der Waals surface area contributed by atoms with Gasteiger partial charge in [0, 0.05) is 18.8 Å². The Bertz CT molecular complexity index is 326. The summed E-state index contributed by atoms with van der Waals surface area (Å²) in [5.74, 6) is 1.80. The maximum absolute atomic E-state index is 3.48. The Morgan fingerprint density at radius 3 is 2.44 bits per heavy atom. The molecule has 0 radical (unpaired) electrons. The molecule has 0 spiro atoms. The quantitative estimate of drug-likeness (QED) is 0.856. The summed E-state index contributed by atoms with van der Waals surface area (Å²) in [5, 5.41) is 3.48. The molecule has 0 aliphatic carbocycles. The standard InChI is InChI=1S/C16H26N2/c1-14(2)15-8-11-18(12-9-15)13-10-17-16-6-4-3-5-7-16/h3-7,14-15,17H,8-13H2,1-2H3. The molecule has 18 heavy (non-hydrogen) atoms. The van der Waals surface area contributed by atoms with E-state index >= 15 is 0 Å². The molecule has 0 atom stereocenters. The van der Waals surface area contributed by atoms with Gasteiger partial charge in [-0.3, -0.25) is 0 Å². The van der Waals surface area contributed by atoms with E-state index in [9.17, 15) is 0 Å². The van der Waals surface area contributed by atoms with Gasteiger partial charge in [-0.25, -0.2) is 0 Å². The molecule has 0 unspecified atom stereocenters. The van der Waals surface area contributed by atoms with E-state index in [1.807, 2.05) is 0 Å². The van der Waals surface area contributed by atoms with E-state index in [4.69, 9.17) is 0 Å². The molecule has 2 rings (SSSR count). The molecular weight excluding hydrogens is 220 g/mol. The summed E-state index contributed by atoms with van der Waals surface area (Å²) >= 11 is 0. The van der Waals surface area contributed by atoms with Gasteiger partial charge in [-0.05, 0) is 49.9 Å². The van der Waals surface area contributed by atoms with E-state index in [1.165, 1.54) is 38.2 Å². The minimum atomic E-state index is 0.856. The zero-order chi connectivity index (χ0) is 12.8. The summed E-state index contributed by atoms with van der Waals surface area (Å²) in [5.41, 5.74) is 1.23. The van der Waals surface area contributed by atoms with Gasteiger partial charge in [-0.2, -0.15) is 0 Å². The van der Waals surface area contributed by atoms with Crippen LogP contribution in [-0.2, 0) is 0 Å². The number of nitrogens with one attached hydrogen (secondary N) is 1. The summed E-state index contributed by atoms with van der Waals surface area (Å²) < 4.78 is 0. The Morgan fingerprint density at radius 2 is 1.83 bits per heavy atom. The third-order valence-corrected chi connectivity index (χ3v) is 4.11. The number of hydrogen-bond acceptors (Lipinski definition) is 2. The number of rotatable bonds is 5. The first-order valence-corrected chi connectivity index (χ1v) is 7.27. The topological polar surface area (TPSA) is 15.3 Å². The second-order valence-electron chi connectivity index (χ2n) is 5.72. The monoisotopic (exact) mass is 246 g/mol. The minimum absolute atomic E-state index is 0.856.